The van der Waals surface area contributed by atoms with Crippen LogP contribution in [-0.2, 0) is 9.59 Å². The molecule has 0 spiro atoms. The molecule has 0 aliphatic heterocycles. The third kappa shape index (κ3) is 2.73. The molecule has 0 aliphatic carbocycles. The summed E-state index contributed by atoms with van der Waals surface area (Å²) in [5.41, 5.74) is 0. The van der Waals surface area contributed by atoms with Gasteiger partial charge in [0.25, 0.3) is 0 Å². The van der Waals surface area contributed by atoms with Crippen molar-refractivity contribution in [3.05, 3.63) is 0 Å². The number of likely N-dealkylation sites (N-methyl/N-ethyl adjacent to an activating group) is 1. The summed E-state index contributed by atoms with van der Waals surface area (Å²) in [6.45, 7) is 3.59. The number of carbonyl (C=O) groups is 2. The molecule has 0 saturated heterocycles. The highest BCUT2D eigenvalue weighted by Gasteiger charge is 2.15. The van der Waals surface area contributed by atoms with E-state index in [1.54, 1.807) is 20.9 Å². The van der Waals surface area contributed by atoms with Gasteiger partial charge in [-0.25, -0.2) is 0 Å². The van der Waals surface area contributed by atoms with Crippen molar-refractivity contribution in [2.45, 2.75) is 13.8 Å². The molecule has 3 heteroatoms. The minimum absolute atomic E-state index is 0.150. The lowest BCUT2D eigenvalue weighted by Gasteiger charge is -2.00. The summed E-state index contributed by atoms with van der Waals surface area (Å²) in [6.07, 6.45) is 0. The zero-order valence-corrected chi connectivity index (χ0v) is 6.60. The van der Waals surface area contributed by atoms with Gasteiger partial charge in [0.2, 0.25) is 11.6 Å². The first kappa shape index (κ1) is 9.30. The number of hydrogen-bond donors (Lipinski definition) is 1. The standard InChI is InChI=1S/C7H13NO2/c1-5(2)7(10)6(9)4-8-3/h5,8H,4H2,1-3H3. The van der Waals surface area contributed by atoms with E-state index in [4.69, 9.17) is 0 Å². The average Bonchev–Trinajstić information content (AvgIpc) is 1.87. The first-order valence-corrected chi connectivity index (χ1v) is 3.31. The van der Waals surface area contributed by atoms with Crippen LogP contribution in [0.2, 0.25) is 0 Å². The lowest BCUT2D eigenvalue weighted by atomic mass is 10.1. The Kier molecular flexibility index (Phi) is 3.88. The molecule has 0 bridgehead atoms. The van der Waals surface area contributed by atoms with Crippen molar-refractivity contribution < 1.29 is 9.59 Å². The van der Waals surface area contributed by atoms with E-state index in [1.165, 1.54) is 0 Å². The van der Waals surface area contributed by atoms with E-state index >= 15 is 0 Å². The van der Waals surface area contributed by atoms with E-state index in [0.717, 1.165) is 0 Å². The van der Waals surface area contributed by atoms with Crippen LogP contribution in [0.25, 0.3) is 0 Å². The van der Waals surface area contributed by atoms with Gasteiger partial charge in [-0.05, 0) is 7.05 Å². The minimum atomic E-state index is -0.336. The summed E-state index contributed by atoms with van der Waals surface area (Å²) < 4.78 is 0. The molecule has 0 unspecified atom stereocenters. The molecule has 0 aromatic rings. The third-order valence-corrected chi connectivity index (χ3v) is 1.14. The van der Waals surface area contributed by atoms with E-state index in [2.05, 4.69) is 5.32 Å². The predicted molar refractivity (Wildman–Crippen MR) is 38.8 cm³/mol. The summed E-state index contributed by atoms with van der Waals surface area (Å²) in [5, 5.41) is 2.63. The van der Waals surface area contributed by atoms with Gasteiger partial charge in [0, 0.05) is 5.92 Å². The van der Waals surface area contributed by atoms with E-state index in [9.17, 15) is 9.59 Å². The van der Waals surface area contributed by atoms with Crippen molar-refractivity contribution in [2.75, 3.05) is 13.6 Å². The van der Waals surface area contributed by atoms with Crippen molar-refractivity contribution in [3.8, 4) is 0 Å². The number of rotatable bonds is 4. The Morgan fingerprint density at radius 1 is 1.40 bits per heavy atom. The number of ketones is 2. The van der Waals surface area contributed by atoms with Crippen LogP contribution >= 0.6 is 0 Å². The fraction of sp³-hybridized carbons (Fsp3) is 0.714. The largest absolute Gasteiger partial charge is 0.313 e. The van der Waals surface area contributed by atoms with Crippen molar-refractivity contribution in [3.63, 3.8) is 0 Å². The van der Waals surface area contributed by atoms with Crippen molar-refractivity contribution >= 4 is 11.6 Å². The number of Topliss-reactive ketones (excluding diaryl/α,β-unsaturated/α-hetero) is 2. The van der Waals surface area contributed by atoms with Gasteiger partial charge in [-0.1, -0.05) is 13.8 Å². The highest BCUT2D eigenvalue weighted by molar-refractivity contribution is 6.38. The molecule has 0 rings (SSSR count). The van der Waals surface area contributed by atoms with Gasteiger partial charge in [0.05, 0.1) is 6.54 Å². The summed E-state index contributed by atoms with van der Waals surface area (Å²) in [5.74, 6) is -0.812. The van der Waals surface area contributed by atoms with Crippen LogP contribution in [0, 0.1) is 5.92 Å². The van der Waals surface area contributed by atoms with Gasteiger partial charge in [-0.2, -0.15) is 0 Å². The van der Waals surface area contributed by atoms with Crippen LogP contribution in [0.5, 0.6) is 0 Å². The topological polar surface area (TPSA) is 46.2 Å². The van der Waals surface area contributed by atoms with E-state index in [1.807, 2.05) is 0 Å². The average molecular weight is 143 g/mol. The van der Waals surface area contributed by atoms with Crippen molar-refractivity contribution in [2.24, 2.45) is 5.92 Å². The summed E-state index contributed by atoms with van der Waals surface area (Å²) in [4.78, 5) is 21.6. The Morgan fingerprint density at radius 3 is 2.20 bits per heavy atom. The molecule has 0 aromatic heterocycles. The minimum Gasteiger partial charge on any atom is -0.313 e. The number of nitrogens with one attached hydrogen (secondary N) is 1. The van der Waals surface area contributed by atoms with E-state index < -0.39 is 0 Å². The van der Waals surface area contributed by atoms with E-state index in [0.29, 0.717) is 0 Å². The van der Waals surface area contributed by atoms with E-state index in [-0.39, 0.29) is 24.0 Å². The second-order valence-corrected chi connectivity index (χ2v) is 2.47. The smallest absolute Gasteiger partial charge is 0.212 e. The summed E-state index contributed by atoms with van der Waals surface area (Å²) in [6, 6.07) is 0. The fourth-order valence-corrected chi connectivity index (χ4v) is 0.570. The maximum Gasteiger partial charge on any atom is 0.212 e. The van der Waals surface area contributed by atoms with Gasteiger partial charge in [0.15, 0.2) is 0 Å². The molecule has 0 amide bonds. The lowest BCUT2D eigenvalue weighted by molar-refractivity contribution is -0.137. The van der Waals surface area contributed by atoms with Gasteiger partial charge >= 0.3 is 0 Å². The third-order valence-electron chi connectivity index (χ3n) is 1.14. The molecular formula is C7H13NO2. The first-order valence-electron chi connectivity index (χ1n) is 3.31. The van der Waals surface area contributed by atoms with Crippen LogP contribution in [0.1, 0.15) is 13.8 Å². The second-order valence-electron chi connectivity index (χ2n) is 2.47. The molecule has 0 radical (unpaired) electrons. The Bertz CT molecular complexity index is 141. The SMILES string of the molecule is CNCC(=O)C(=O)C(C)C. The highest BCUT2D eigenvalue weighted by atomic mass is 16.2. The molecule has 10 heavy (non-hydrogen) atoms. The van der Waals surface area contributed by atoms with Crippen molar-refractivity contribution in [1.82, 2.24) is 5.32 Å². The van der Waals surface area contributed by atoms with Gasteiger partial charge < -0.3 is 5.32 Å². The highest BCUT2D eigenvalue weighted by Crippen LogP contribution is 1.93. The molecular weight excluding hydrogens is 130 g/mol. The monoisotopic (exact) mass is 143 g/mol. The molecule has 1 N–H and O–H groups in total. The molecule has 3 nitrogen and oxygen atoms in total. The summed E-state index contributed by atoms with van der Waals surface area (Å²) >= 11 is 0. The zero-order valence-electron chi connectivity index (χ0n) is 6.60. The second kappa shape index (κ2) is 4.17. The van der Waals surface area contributed by atoms with Crippen LogP contribution in [0.3, 0.4) is 0 Å². The Morgan fingerprint density at radius 2 is 1.90 bits per heavy atom. The Hall–Kier alpha value is -0.700. The number of hydrogen-bond acceptors (Lipinski definition) is 3. The van der Waals surface area contributed by atoms with Crippen LogP contribution in [0.4, 0.5) is 0 Å². The lowest BCUT2D eigenvalue weighted by Crippen LogP contribution is -2.28. The Labute approximate surface area is 60.8 Å². The van der Waals surface area contributed by atoms with Gasteiger partial charge in [-0.15, -0.1) is 0 Å². The molecule has 0 atom stereocenters. The molecule has 0 heterocycles. The maximum absolute atomic E-state index is 10.8. The summed E-state index contributed by atoms with van der Waals surface area (Å²) in [7, 11) is 1.64. The molecule has 0 saturated carbocycles. The quantitative estimate of drug-likeness (QED) is 0.563. The molecule has 58 valence electrons. The van der Waals surface area contributed by atoms with Crippen LogP contribution in [0.15, 0.2) is 0 Å². The van der Waals surface area contributed by atoms with Crippen LogP contribution < -0.4 is 5.32 Å². The number of carbonyl (C=O) groups excluding carboxylic acids is 2. The van der Waals surface area contributed by atoms with Crippen LogP contribution in [-0.4, -0.2) is 25.2 Å². The fourth-order valence-electron chi connectivity index (χ4n) is 0.570. The maximum atomic E-state index is 10.8. The molecule has 0 aliphatic rings. The normalized spacial score (nSPS) is 10.0. The molecule has 0 fully saturated rings. The Balaban J connectivity index is 3.83. The van der Waals surface area contributed by atoms with Gasteiger partial charge in [0.1, 0.15) is 0 Å². The molecule has 0 aromatic carbocycles. The first-order chi connectivity index (χ1) is 4.59. The zero-order chi connectivity index (χ0) is 8.15. The van der Waals surface area contributed by atoms with Gasteiger partial charge in [-0.3, -0.25) is 9.59 Å². The predicted octanol–water partition coefficient (Wildman–Crippen LogP) is -0.000000000000000444. The van der Waals surface area contributed by atoms with Crippen molar-refractivity contribution in [1.29, 1.82) is 0 Å².